The molecule has 2 saturated carbocycles. The van der Waals surface area contributed by atoms with Crippen LogP contribution in [0.3, 0.4) is 0 Å². The molecule has 64 valence electrons. The lowest BCUT2D eigenvalue weighted by molar-refractivity contribution is 0.326. The second kappa shape index (κ2) is 3.11. The molecule has 2 nitrogen and oxygen atoms in total. The van der Waals surface area contributed by atoms with Gasteiger partial charge < -0.3 is 11.1 Å². The first kappa shape index (κ1) is 7.56. The highest BCUT2D eigenvalue weighted by molar-refractivity contribution is 4.90. The van der Waals surface area contributed by atoms with Gasteiger partial charge in [-0.15, -0.1) is 0 Å². The van der Waals surface area contributed by atoms with Crippen molar-refractivity contribution in [1.82, 2.24) is 5.32 Å². The lowest BCUT2D eigenvalue weighted by atomic mass is 9.91. The molecule has 0 amide bonds. The number of hydrogen-bond donors (Lipinski definition) is 2. The Balaban J connectivity index is 1.78. The molecule has 2 atom stereocenters. The van der Waals surface area contributed by atoms with Crippen molar-refractivity contribution in [3.05, 3.63) is 0 Å². The lowest BCUT2D eigenvalue weighted by Crippen LogP contribution is -2.47. The molecule has 0 bridgehead atoms. The molecule has 11 heavy (non-hydrogen) atoms. The van der Waals surface area contributed by atoms with Crippen molar-refractivity contribution in [2.45, 2.75) is 56.7 Å². The minimum absolute atomic E-state index is 0.435. The van der Waals surface area contributed by atoms with E-state index in [1.165, 1.54) is 38.5 Å². The van der Waals surface area contributed by atoms with Crippen LogP contribution in [0.5, 0.6) is 0 Å². The van der Waals surface area contributed by atoms with Crippen molar-refractivity contribution in [2.24, 2.45) is 5.73 Å². The monoisotopic (exact) mass is 154 g/mol. The number of nitrogens with two attached hydrogens (primary N) is 1. The molecule has 0 aromatic carbocycles. The molecule has 0 heterocycles. The van der Waals surface area contributed by atoms with Crippen molar-refractivity contribution >= 4 is 0 Å². The zero-order valence-corrected chi connectivity index (χ0v) is 7.05. The van der Waals surface area contributed by atoms with E-state index in [2.05, 4.69) is 5.32 Å². The minimum Gasteiger partial charge on any atom is -0.326 e. The molecule has 3 N–H and O–H groups in total. The quantitative estimate of drug-likeness (QED) is 0.623. The average molecular weight is 154 g/mol. The van der Waals surface area contributed by atoms with Gasteiger partial charge in [-0.05, 0) is 25.7 Å². The Kier molecular flexibility index (Phi) is 2.14. The summed E-state index contributed by atoms with van der Waals surface area (Å²) in [6.07, 6.45) is 8.00. The Morgan fingerprint density at radius 2 is 1.73 bits per heavy atom. The van der Waals surface area contributed by atoms with Crippen LogP contribution < -0.4 is 11.1 Å². The summed E-state index contributed by atoms with van der Waals surface area (Å²) < 4.78 is 0. The van der Waals surface area contributed by atoms with Gasteiger partial charge in [0.05, 0.1) is 0 Å². The standard InChI is InChI=1S/C9H18N2/c10-8-3-1-2-4-9(8)11-7-5-6-7/h7-9,11H,1-6,10H2. The first-order chi connectivity index (χ1) is 5.36. The Morgan fingerprint density at radius 3 is 2.36 bits per heavy atom. The third-order valence-electron chi connectivity index (χ3n) is 2.85. The van der Waals surface area contributed by atoms with Gasteiger partial charge in [0.2, 0.25) is 0 Å². The average Bonchev–Trinajstić information content (AvgIpc) is 2.78. The van der Waals surface area contributed by atoms with E-state index in [4.69, 9.17) is 5.73 Å². The Bertz CT molecular complexity index is 132. The van der Waals surface area contributed by atoms with Crippen LogP contribution in [-0.4, -0.2) is 18.1 Å². The van der Waals surface area contributed by atoms with Crippen LogP contribution >= 0.6 is 0 Å². The van der Waals surface area contributed by atoms with Crippen LogP contribution in [-0.2, 0) is 0 Å². The molecule has 0 spiro atoms. The maximum atomic E-state index is 5.99. The highest BCUT2D eigenvalue weighted by atomic mass is 15.0. The predicted molar refractivity (Wildman–Crippen MR) is 46.4 cm³/mol. The minimum atomic E-state index is 0.435. The number of hydrogen-bond acceptors (Lipinski definition) is 2. The van der Waals surface area contributed by atoms with Gasteiger partial charge >= 0.3 is 0 Å². The molecule has 0 aromatic rings. The van der Waals surface area contributed by atoms with Crippen LogP contribution in [0.1, 0.15) is 38.5 Å². The second-order valence-electron chi connectivity index (χ2n) is 4.00. The molecule has 2 heteroatoms. The van der Waals surface area contributed by atoms with E-state index in [0.29, 0.717) is 12.1 Å². The topological polar surface area (TPSA) is 38.0 Å². The molecule has 2 rings (SSSR count). The smallest absolute Gasteiger partial charge is 0.0221 e. The fourth-order valence-electron chi connectivity index (χ4n) is 1.92. The van der Waals surface area contributed by atoms with E-state index in [1.807, 2.05) is 0 Å². The van der Waals surface area contributed by atoms with Crippen LogP contribution in [0.4, 0.5) is 0 Å². The first-order valence-electron chi connectivity index (χ1n) is 4.88. The van der Waals surface area contributed by atoms with Gasteiger partial charge in [0.15, 0.2) is 0 Å². The van der Waals surface area contributed by atoms with E-state index in [0.717, 1.165) is 6.04 Å². The van der Waals surface area contributed by atoms with Crippen molar-refractivity contribution in [1.29, 1.82) is 0 Å². The van der Waals surface area contributed by atoms with Gasteiger partial charge in [0.1, 0.15) is 0 Å². The summed E-state index contributed by atoms with van der Waals surface area (Å²) in [7, 11) is 0. The zero-order chi connectivity index (χ0) is 7.68. The van der Waals surface area contributed by atoms with Crippen LogP contribution in [0.2, 0.25) is 0 Å². The molecule has 2 aliphatic carbocycles. The van der Waals surface area contributed by atoms with Gasteiger partial charge in [-0.2, -0.15) is 0 Å². The summed E-state index contributed by atoms with van der Waals surface area (Å²) in [6.45, 7) is 0. The first-order valence-corrected chi connectivity index (χ1v) is 4.88. The van der Waals surface area contributed by atoms with Crippen molar-refractivity contribution in [3.63, 3.8) is 0 Å². The van der Waals surface area contributed by atoms with Crippen LogP contribution in [0.15, 0.2) is 0 Å². The summed E-state index contributed by atoms with van der Waals surface area (Å²) in [6, 6.07) is 1.89. The third-order valence-corrected chi connectivity index (χ3v) is 2.85. The van der Waals surface area contributed by atoms with E-state index in [9.17, 15) is 0 Å². The highest BCUT2D eigenvalue weighted by Gasteiger charge is 2.28. The SMILES string of the molecule is NC1CCCCC1NC1CC1. The van der Waals surface area contributed by atoms with Crippen molar-refractivity contribution < 1.29 is 0 Å². The molecule has 2 unspecified atom stereocenters. The molecular formula is C9H18N2. The van der Waals surface area contributed by atoms with E-state index >= 15 is 0 Å². The van der Waals surface area contributed by atoms with Crippen molar-refractivity contribution in [3.8, 4) is 0 Å². The number of rotatable bonds is 2. The normalized spacial score (nSPS) is 39.0. The summed E-state index contributed by atoms with van der Waals surface area (Å²) in [5.41, 5.74) is 5.99. The summed E-state index contributed by atoms with van der Waals surface area (Å²) in [5.74, 6) is 0. The Hall–Kier alpha value is -0.0800. The van der Waals surface area contributed by atoms with E-state index < -0.39 is 0 Å². The predicted octanol–water partition coefficient (Wildman–Crippen LogP) is 1.01. The molecule has 0 aromatic heterocycles. The largest absolute Gasteiger partial charge is 0.326 e. The summed E-state index contributed by atoms with van der Waals surface area (Å²) >= 11 is 0. The van der Waals surface area contributed by atoms with E-state index in [-0.39, 0.29) is 0 Å². The summed E-state index contributed by atoms with van der Waals surface area (Å²) in [4.78, 5) is 0. The molecule has 0 radical (unpaired) electrons. The number of nitrogens with one attached hydrogen (secondary N) is 1. The van der Waals surface area contributed by atoms with Gasteiger partial charge in [-0.1, -0.05) is 12.8 Å². The van der Waals surface area contributed by atoms with E-state index in [1.54, 1.807) is 0 Å². The zero-order valence-electron chi connectivity index (χ0n) is 7.05. The molecular weight excluding hydrogens is 136 g/mol. The molecule has 2 aliphatic rings. The van der Waals surface area contributed by atoms with Gasteiger partial charge in [0.25, 0.3) is 0 Å². The van der Waals surface area contributed by atoms with Gasteiger partial charge in [-0.25, -0.2) is 0 Å². The molecule has 2 fully saturated rings. The Morgan fingerprint density at radius 1 is 1.00 bits per heavy atom. The molecule has 0 saturated heterocycles. The lowest BCUT2D eigenvalue weighted by Gasteiger charge is -2.29. The van der Waals surface area contributed by atoms with Crippen LogP contribution in [0.25, 0.3) is 0 Å². The second-order valence-corrected chi connectivity index (χ2v) is 4.00. The van der Waals surface area contributed by atoms with Gasteiger partial charge in [0, 0.05) is 18.1 Å². The maximum Gasteiger partial charge on any atom is 0.0221 e. The maximum absolute atomic E-state index is 5.99. The Labute approximate surface area is 68.5 Å². The van der Waals surface area contributed by atoms with Crippen LogP contribution in [0, 0.1) is 0 Å². The van der Waals surface area contributed by atoms with Gasteiger partial charge in [-0.3, -0.25) is 0 Å². The highest BCUT2D eigenvalue weighted by Crippen LogP contribution is 2.24. The fourth-order valence-corrected chi connectivity index (χ4v) is 1.92. The fraction of sp³-hybridized carbons (Fsp3) is 1.00. The molecule has 0 aliphatic heterocycles. The third kappa shape index (κ3) is 1.94. The summed E-state index contributed by atoms with van der Waals surface area (Å²) in [5, 5.41) is 3.62. The van der Waals surface area contributed by atoms with Crippen molar-refractivity contribution in [2.75, 3.05) is 0 Å².